The number of fused-ring (bicyclic) bond motifs is 1. The standard InChI is InChI=1S/C19H22N2O4S2/c1-4-11-21-16-10-9-14(12-18(16)26-19(21)22)27(23,24)20-13(2)15-7-5-6-8-17(15)25-3/h5-10,12-13,20H,4,11H2,1-3H3. The molecule has 8 heteroatoms. The molecule has 0 saturated heterocycles. The summed E-state index contributed by atoms with van der Waals surface area (Å²) in [6.45, 7) is 4.38. The van der Waals surface area contributed by atoms with Crippen LogP contribution in [0.4, 0.5) is 0 Å². The molecule has 1 unspecified atom stereocenters. The average molecular weight is 407 g/mol. The molecule has 0 radical (unpaired) electrons. The van der Waals surface area contributed by atoms with Gasteiger partial charge in [-0.15, -0.1) is 0 Å². The van der Waals surface area contributed by atoms with E-state index < -0.39 is 16.1 Å². The number of nitrogens with zero attached hydrogens (tertiary/aromatic N) is 1. The van der Waals surface area contributed by atoms with Crippen LogP contribution in [0.25, 0.3) is 10.2 Å². The van der Waals surface area contributed by atoms with Gasteiger partial charge in [-0.25, -0.2) is 13.1 Å². The number of nitrogens with one attached hydrogen (secondary N) is 1. The Morgan fingerprint density at radius 3 is 2.67 bits per heavy atom. The van der Waals surface area contributed by atoms with Crippen LogP contribution in [0.1, 0.15) is 31.9 Å². The number of aryl methyl sites for hydroxylation is 1. The molecule has 27 heavy (non-hydrogen) atoms. The largest absolute Gasteiger partial charge is 0.496 e. The monoisotopic (exact) mass is 406 g/mol. The van der Waals surface area contributed by atoms with Crippen LogP contribution in [0.15, 0.2) is 52.2 Å². The third-order valence-electron chi connectivity index (χ3n) is 4.33. The number of rotatable bonds is 7. The van der Waals surface area contributed by atoms with E-state index in [0.717, 1.165) is 28.8 Å². The molecule has 144 valence electrons. The van der Waals surface area contributed by atoms with Crippen LogP contribution in [0.5, 0.6) is 5.75 Å². The molecule has 1 atom stereocenters. The summed E-state index contributed by atoms with van der Waals surface area (Å²) in [5.74, 6) is 0.623. The SMILES string of the molecule is CCCn1c(=O)sc2cc(S(=O)(=O)NC(C)c3ccccc3OC)ccc21. The highest BCUT2D eigenvalue weighted by molar-refractivity contribution is 7.89. The summed E-state index contributed by atoms with van der Waals surface area (Å²) >= 11 is 1.07. The Bertz CT molecular complexity index is 1120. The lowest BCUT2D eigenvalue weighted by molar-refractivity contribution is 0.405. The molecule has 0 aliphatic rings. The van der Waals surface area contributed by atoms with Gasteiger partial charge in [0.1, 0.15) is 5.75 Å². The van der Waals surface area contributed by atoms with Crippen molar-refractivity contribution in [2.24, 2.45) is 0 Å². The van der Waals surface area contributed by atoms with Gasteiger partial charge >= 0.3 is 4.87 Å². The molecule has 2 aromatic carbocycles. The van der Waals surface area contributed by atoms with Crippen molar-refractivity contribution in [2.45, 2.75) is 37.8 Å². The number of thiazole rings is 1. The topological polar surface area (TPSA) is 77.4 Å². The van der Waals surface area contributed by atoms with Gasteiger partial charge in [0.05, 0.1) is 22.2 Å². The highest BCUT2D eigenvalue weighted by Gasteiger charge is 2.21. The van der Waals surface area contributed by atoms with E-state index in [9.17, 15) is 13.2 Å². The molecule has 0 amide bonds. The molecule has 0 bridgehead atoms. The Morgan fingerprint density at radius 2 is 1.96 bits per heavy atom. The Kier molecular flexibility index (Phi) is 5.69. The predicted molar refractivity (Wildman–Crippen MR) is 108 cm³/mol. The molecule has 1 aromatic heterocycles. The zero-order valence-electron chi connectivity index (χ0n) is 15.4. The van der Waals surface area contributed by atoms with E-state index in [-0.39, 0.29) is 9.77 Å². The Morgan fingerprint density at radius 1 is 1.22 bits per heavy atom. The second kappa shape index (κ2) is 7.84. The second-order valence-corrected chi connectivity index (χ2v) is 8.94. The fourth-order valence-electron chi connectivity index (χ4n) is 3.04. The average Bonchev–Trinajstić information content (AvgIpc) is 2.96. The number of ether oxygens (including phenoxy) is 1. The van der Waals surface area contributed by atoms with Crippen LogP contribution in [-0.2, 0) is 16.6 Å². The Hall–Kier alpha value is -2.16. The number of para-hydroxylation sites is 1. The summed E-state index contributed by atoms with van der Waals surface area (Å²) in [6.07, 6.45) is 0.837. The lowest BCUT2D eigenvalue weighted by Gasteiger charge is -2.17. The minimum Gasteiger partial charge on any atom is -0.496 e. The number of sulfonamides is 1. The molecular formula is C19H22N2O4S2. The number of hydrogen-bond acceptors (Lipinski definition) is 5. The molecule has 1 heterocycles. The molecule has 0 fully saturated rings. The van der Waals surface area contributed by atoms with Crippen LogP contribution >= 0.6 is 11.3 Å². The van der Waals surface area contributed by atoms with E-state index in [1.165, 1.54) is 6.07 Å². The molecule has 0 aliphatic carbocycles. The van der Waals surface area contributed by atoms with Crippen molar-refractivity contribution in [3.8, 4) is 5.75 Å². The van der Waals surface area contributed by atoms with Crippen molar-refractivity contribution in [1.29, 1.82) is 0 Å². The maximum atomic E-state index is 12.8. The first-order chi connectivity index (χ1) is 12.9. The van der Waals surface area contributed by atoms with E-state index in [2.05, 4.69) is 4.72 Å². The van der Waals surface area contributed by atoms with Gasteiger partial charge in [0, 0.05) is 18.2 Å². The summed E-state index contributed by atoms with van der Waals surface area (Å²) in [6, 6.07) is 11.6. The van der Waals surface area contributed by atoms with Crippen molar-refractivity contribution < 1.29 is 13.2 Å². The zero-order valence-corrected chi connectivity index (χ0v) is 17.1. The molecule has 0 saturated carbocycles. The van der Waals surface area contributed by atoms with Crippen molar-refractivity contribution in [3.05, 3.63) is 57.7 Å². The van der Waals surface area contributed by atoms with Crippen molar-refractivity contribution in [3.63, 3.8) is 0 Å². The second-order valence-electron chi connectivity index (χ2n) is 6.23. The maximum Gasteiger partial charge on any atom is 0.308 e. The Labute approximate surface area is 162 Å². The van der Waals surface area contributed by atoms with Gasteiger partial charge in [-0.2, -0.15) is 0 Å². The first-order valence-corrected chi connectivity index (χ1v) is 11.0. The summed E-state index contributed by atoms with van der Waals surface area (Å²) in [5.41, 5.74) is 1.52. The smallest absolute Gasteiger partial charge is 0.308 e. The molecule has 0 aliphatic heterocycles. The van der Waals surface area contributed by atoms with Crippen LogP contribution in [-0.4, -0.2) is 20.1 Å². The number of hydrogen-bond donors (Lipinski definition) is 1. The Balaban J connectivity index is 1.94. The van der Waals surface area contributed by atoms with Crippen molar-refractivity contribution >= 4 is 31.6 Å². The van der Waals surface area contributed by atoms with E-state index >= 15 is 0 Å². The fourth-order valence-corrected chi connectivity index (χ4v) is 5.32. The third kappa shape index (κ3) is 3.92. The van der Waals surface area contributed by atoms with Gasteiger partial charge in [-0.3, -0.25) is 9.36 Å². The highest BCUT2D eigenvalue weighted by Crippen LogP contribution is 2.27. The van der Waals surface area contributed by atoms with Gasteiger partial charge < -0.3 is 4.74 Å². The number of methoxy groups -OCH3 is 1. The van der Waals surface area contributed by atoms with E-state index in [4.69, 9.17) is 4.74 Å². The van der Waals surface area contributed by atoms with Crippen molar-refractivity contribution in [2.75, 3.05) is 7.11 Å². The summed E-state index contributed by atoms with van der Waals surface area (Å²) in [7, 11) is -2.20. The summed E-state index contributed by atoms with van der Waals surface area (Å²) in [4.78, 5) is 12.2. The summed E-state index contributed by atoms with van der Waals surface area (Å²) < 4.78 is 36.0. The quantitative estimate of drug-likeness (QED) is 0.651. The van der Waals surface area contributed by atoms with E-state index in [0.29, 0.717) is 17.0 Å². The fraction of sp³-hybridized carbons (Fsp3) is 0.316. The van der Waals surface area contributed by atoms with Gasteiger partial charge in [0.25, 0.3) is 0 Å². The highest BCUT2D eigenvalue weighted by atomic mass is 32.2. The molecule has 0 spiro atoms. The van der Waals surface area contributed by atoms with Crippen LogP contribution in [0.3, 0.4) is 0 Å². The van der Waals surface area contributed by atoms with Gasteiger partial charge in [0.15, 0.2) is 0 Å². The lowest BCUT2D eigenvalue weighted by atomic mass is 10.1. The van der Waals surface area contributed by atoms with Gasteiger partial charge in [-0.1, -0.05) is 36.5 Å². The van der Waals surface area contributed by atoms with E-state index in [1.807, 2.05) is 25.1 Å². The van der Waals surface area contributed by atoms with Gasteiger partial charge in [0.2, 0.25) is 10.0 Å². The minimum atomic E-state index is -3.75. The number of benzene rings is 2. The normalized spacial score (nSPS) is 13.0. The first kappa shape index (κ1) is 19.6. The predicted octanol–water partition coefficient (Wildman–Crippen LogP) is 3.52. The summed E-state index contributed by atoms with van der Waals surface area (Å²) in [5, 5.41) is 0. The minimum absolute atomic E-state index is 0.0725. The molecular weight excluding hydrogens is 384 g/mol. The third-order valence-corrected chi connectivity index (χ3v) is 6.81. The lowest BCUT2D eigenvalue weighted by Crippen LogP contribution is -2.27. The molecule has 3 rings (SSSR count). The van der Waals surface area contributed by atoms with Crippen molar-refractivity contribution in [1.82, 2.24) is 9.29 Å². The van der Waals surface area contributed by atoms with Crippen LogP contribution < -0.4 is 14.3 Å². The van der Waals surface area contributed by atoms with Crippen LogP contribution in [0.2, 0.25) is 0 Å². The maximum absolute atomic E-state index is 12.8. The first-order valence-electron chi connectivity index (χ1n) is 8.66. The molecule has 6 nitrogen and oxygen atoms in total. The zero-order chi connectivity index (χ0) is 19.6. The molecule has 1 N–H and O–H groups in total. The van der Waals surface area contributed by atoms with Gasteiger partial charge in [-0.05, 0) is 37.6 Å². The number of aromatic nitrogens is 1. The van der Waals surface area contributed by atoms with Crippen LogP contribution in [0, 0.1) is 0 Å². The van der Waals surface area contributed by atoms with E-state index in [1.54, 1.807) is 36.8 Å². The molecule has 3 aromatic rings.